The third kappa shape index (κ3) is 4.30. The fourth-order valence-corrected chi connectivity index (χ4v) is 1.76. The van der Waals surface area contributed by atoms with Crippen molar-refractivity contribution in [1.29, 1.82) is 0 Å². The summed E-state index contributed by atoms with van der Waals surface area (Å²) in [7, 11) is 0. The molecule has 1 aliphatic carbocycles. The Labute approximate surface area is 81.4 Å². The van der Waals surface area contributed by atoms with Crippen LogP contribution < -0.4 is 0 Å². The third-order valence-electron chi connectivity index (χ3n) is 2.14. The van der Waals surface area contributed by atoms with Gasteiger partial charge >= 0.3 is 0 Å². The molecule has 1 saturated carbocycles. The molecule has 2 heteroatoms. The minimum atomic E-state index is -0.105. The van der Waals surface area contributed by atoms with Gasteiger partial charge in [-0.2, -0.15) is 0 Å². The van der Waals surface area contributed by atoms with Crippen molar-refractivity contribution in [2.45, 2.75) is 65.0 Å². The molecular weight excluding hydrogens is 162 g/mol. The number of ether oxygens (including phenoxy) is 1. The Kier molecular flexibility index (Phi) is 3.34. The molecule has 76 valence electrons. The van der Waals surface area contributed by atoms with Gasteiger partial charge in [0, 0.05) is 6.92 Å². The first-order chi connectivity index (χ1) is 5.97. The predicted octanol–water partition coefficient (Wildman–Crippen LogP) is 3.16. The molecule has 0 unspecified atom stereocenters. The van der Waals surface area contributed by atoms with Gasteiger partial charge in [-0.1, -0.05) is 12.8 Å². The lowest BCUT2D eigenvalue weighted by Crippen LogP contribution is -2.23. The van der Waals surface area contributed by atoms with E-state index in [0.717, 1.165) is 5.90 Å². The van der Waals surface area contributed by atoms with E-state index in [1.807, 2.05) is 6.92 Å². The van der Waals surface area contributed by atoms with E-state index in [1.54, 1.807) is 0 Å². The minimum absolute atomic E-state index is 0.105. The Morgan fingerprint density at radius 3 is 2.23 bits per heavy atom. The molecule has 0 heterocycles. The van der Waals surface area contributed by atoms with Crippen molar-refractivity contribution < 1.29 is 4.74 Å². The van der Waals surface area contributed by atoms with E-state index < -0.39 is 0 Å². The van der Waals surface area contributed by atoms with E-state index in [9.17, 15) is 0 Å². The molecule has 0 aromatic carbocycles. The Hall–Kier alpha value is -0.530. The average molecular weight is 183 g/mol. The molecule has 0 atom stereocenters. The van der Waals surface area contributed by atoms with Crippen molar-refractivity contribution in [1.82, 2.24) is 0 Å². The van der Waals surface area contributed by atoms with Crippen molar-refractivity contribution in [3.63, 3.8) is 0 Å². The van der Waals surface area contributed by atoms with Crippen molar-refractivity contribution in [3.05, 3.63) is 0 Å². The number of hydrogen-bond acceptors (Lipinski definition) is 2. The molecule has 1 aliphatic rings. The predicted molar refractivity (Wildman–Crippen MR) is 56.2 cm³/mol. The molecule has 0 saturated heterocycles. The summed E-state index contributed by atoms with van der Waals surface area (Å²) in [5.41, 5.74) is -0.105. The lowest BCUT2D eigenvalue weighted by molar-refractivity contribution is 0.114. The van der Waals surface area contributed by atoms with Crippen LogP contribution in [-0.2, 0) is 4.74 Å². The first-order valence-electron chi connectivity index (χ1n) is 5.21. The van der Waals surface area contributed by atoms with E-state index in [1.165, 1.54) is 25.7 Å². The zero-order valence-corrected chi connectivity index (χ0v) is 9.26. The van der Waals surface area contributed by atoms with E-state index in [2.05, 4.69) is 25.8 Å². The fraction of sp³-hybridized carbons (Fsp3) is 0.909. The van der Waals surface area contributed by atoms with Gasteiger partial charge in [0.15, 0.2) is 5.90 Å². The monoisotopic (exact) mass is 183 g/mol. The molecule has 2 nitrogen and oxygen atoms in total. The summed E-state index contributed by atoms with van der Waals surface area (Å²) in [6, 6.07) is 0.530. The summed E-state index contributed by atoms with van der Waals surface area (Å²) in [6.07, 6.45) is 5.14. The van der Waals surface area contributed by atoms with Crippen molar-refractivity contribution in [2.75, 3.05) is 0 Å². The first-order valence-corrected chi connectivity index (χ1v) is 5.21. The van der Waals surface area contributed by atoms with Crippen molar-refractivity contribution in [3.8, 4) is 0 Å². The SMILES string of the molecule is CC(=NC1CCCC1)OC(C)(C)C. The number of rotatable bonds is 1. The topological polar surface area (TPSA) is 21.6 Å². The lowest BCUT2D eigenvalue weighted by Gasteiger charge is -2.21. The summed E-state index contributed by atoms with van der Waals surface area (Å²) >= 11 is 0. The van der Waals surface area contributed by atoms with Crippen LogP contribution in [0.5, 0.6) is 0 Å². The second kappa shape index (κ2) is 4.12. The molecule has 0 aromatic rings. The number of nitrogens with zero attached hydrogens (tertiary/aromatic N) is 1. The second-order valence-electron chi connectivity index (χ2n) is 4.80. The van der Waals surface area contributed by atoms with Crippen LogP contribution >= 0.6 is 0 Å². The van der Waals surface area contributed by atoms with Crippen LogP contribution in [0.1, 0.15) is 53.4 Å². The highest BCUT2D eigenvalue weighted by atomic mass is 16.5. The maximum absolute atomic E-state index is 5.65. The Bertz CT molecular complexity index is 185. The Morgan fingerprint density at radius 2 is 1.77 bits per heavy atom. The van der Waals surface area contributed by atoms with Crippen LogP contribution in [0, 0.1) is 0 Å². The lowest BCUT2D eigenvalue weighted by atomic mass is 10.2. The van der Waals surface area contributed by atoms with Gasteiger partial charge in [-0.3, -0.25) is 4.99 Å². The maximum Gasteiger partial charge on any atom is 0.180 e. The van der Waals surface area contributed by atoms with E-state index in [-0.39, 0.29) is 5.60 Å². The summed E-state index contributed by atoms with van der Waals surface area (Å²) in [5.74, 6) is 0.847. The largest absolute Gasteiger partial charge is 0.476 e. The summed E-state index contributed by atoms with van der Waals surface area (Å²) < 4.78 is 5.65. The van der Waals surface area contributed by atoms with Gasteiger partial charge in [-0.25, -0.2) is 0 Å². The summed E-state index contributed by atoms with van der Waals surface area (Å²) in [6.45, 7) is 8.13. The highest BCUT2D eigenvalue weighted by Gasteiger charge is 2.16. The van der Waals surface area contributed by atoms with E-state index in [0.29, 0.717) is 6.04 Å². The maximum atomic E-state index is 5.65. The highest BCUT2D eigenvalue weighted by Crippen LogP contribution is 2.21. The zero-order valence-electron chi connectivity index (χ0n) is 9.26. The van der Waals surface area contributed by atoms with Gasteiger partial charge < -0.3 is 4.74 Å². The minimum Gasteiger partial charge on any atom is -0.476 e. The average Bonchev–Trinajstić information content (AvgIpc) is 2.34. The molecule has 1 fully saturated rings. The van der Waals surface area contributed by atoms with Gasteiger partial charge in [0.2, 0.25) is 0 Å². The standard InChI is InChI=1S/C11H21NO/c1-9(13-11(2,3)4)12-10-7-5-6-8-10/h10H,5-8H2,1-4H3. The van der Waals surface area contributed by atoms with Gasteiger partial charge in [-0.15, -0.1) is 0 Å². The zero-order chi connectivity index (χ0) is 9.90. The quantitative estimate of drug-likeness (QED) is 0.452. The van der Waals surface area contributed by atoms with Gasteiger partial charge in [0.25, 0.3) is 0 Å². The molecule has 0 N–H and O–H groups in total. The van der Waals surface area contributed by atoms with E-state index >= 15 is 0 Å². The van der Waals surface area contributed by atoms with Crippen molar-refractivity contribution >= 4 is 5.90 Å². The second-order valence-corrected chi connectivity index (χ2v) is 4.80. The van der Waals surface area contributed by atoms with E-state index in [4.69, 9.17) is 4.74 Å². The van der Waals surface area contributed by atoms with Crippen LogP contribution in [0.2, 0.25) is 0 Å². The molecule has 1 rings (SSSR count). The normalized spacial score (nSPS) is 20.8. The summed E-state index contributed by atoms with van der Waals surface area (Å²) in [5, 5.41) is 0. The van der Waals surface area contributed by atoms with Gasteiger partial charge in [0.05, 0.1) is 6.04 Å². The fourth-order valence-electron chi connectivity index (χ4n) is 1.76. The molecule has 0 radical (unpaired) electrons. The van der Waals surface area contributed by atoms with Gasteiger partial charge in [-0.05, 0) is 33.6 Å². The Balaban J connectivity index is 2.41. The van der Waals surface area contributed by atoms with Crippen LogP contribution in [0.3, 0.4) is 0 Å². The smallest absolute Gasteiger partial charge is 0.180 e. The highest BCUT2D eigenvalue weighted by molar-refractivity contribution is 5.73. The van der Waals surface area contributed by atoms with Gasteiger partial charge in [0.1, 0.15) is 5.60 Å². The summed E-state index contributed by atoms with van der Waals surface area (Å²) in [4.78, 5) is 4.56. The molecule has 0 aromatic heterocycles. The number of aliphatic imine (C=N–C) groups is 1. The van der Waals surface area contributed by atoms with Crippen LogP contribution in [-0.4, -0.2) is 17.5 Å². The molecule has 13 heavy (non-hydrogen) atoms. The number of hydrogen-bond donors (Lipinski definition) is 0. The van der Waals surface area contributed by atoms with Crippen molar-refractivity contribution in [2.24, 2.45) is 4.99 Å². The Morgan fingerprint density at radius 1 is 1.23 bits per heavy atom. The molecule has 0 amide bonds. The van der Waals surface area contributed by atoms with Crippen LogP contribution in [0.15, 0.2) is 4.99 Å². The van der Waals surface area contributed by atoms with Crippen LogP contribution in [0.4, 0.5) is 0 Å². The molecular formula is C11H21NO. The molecule has 0 aliphatic heterocycles. The molecule has 0 bridgehead atoms. The first kappa shape index (κ1) is 10.6. The van der Waals surface area contributed by atoms with Crippen LogP contribution in [0.25, 0.3) is 0 Å². The third-order valence-corrected chi connectivity index (χ3v) is 2.14. The molecule has 0 spiro atoms.